The summed E-state index contributed by atoms with van der Waals surface area (Å²) >= 11 is 11.7. The summed E-state index contributed by atoms with van der Waals surface area (Å²) in [7, 11) is 0. The van der Waals surface area contributed by atoms with Crippen LogP contribution in [0.5, 0.6) is 0 Å². The molecule has 0 unspecified atom stereocenters. The van der Waals surface area contributed by atoms with Gasteiger partial charge in [-0.3, -0.25) is 4.79 Å². The van der Waals surface area contributed by atoms with Gasteiger partial charge in [-0.15, -0.1) is 0 Å². The van der Waals surface area contributed by atoms with Crippen LogP contribution in [-0.4, -0.2) is 9.97 Å². The molecule has 0 aliphatic heterocycles. The van der Waals surface area contributed by atoms with Crippen LogP contribution in [0.15, 0.2) is 29.2 Å². The first kappa shape index (κ1) is 11.6. The second-order valence-corrected chi connectivity index (χ2v) is 4.12. The van der Waals surface area contributed by atoms with E-state index < -0.39 is 5.56 Å². The fourth-order valence-corrected chi connectivity index (χ4v) is 1.84. The normalized spacial score (nSPS) is 9.94. The summed E-state index contributed by atoms with van der Waals surface area (Å²) in [5, 5.41) is 9.50. The first-order valence-corrected chi connectivity index (χ1v) is 5.31. The van der Waals surface area contributed by atoms with Crippen molar-refractivity contribution < 1.29 is 0 Å². The fourth-order valence-electron chi connectivity index (χ4n) is 1.31. The molecule has 0 spiro atoms. The number of rotatable bonds is 1. The van der Waals surface area contributed by atoms with Crippen LogP contribution in [0.4, 0.5) is 0 Å². The van der Waals surface area contributed by atoms with Gasteiger partial charge in [-0.1, -0.05) is 23.2 Å². The number of benzene rings is 1. The maximum atomic E-state index is 11.4. The molecule has 2 aromatic rings. The van der Waals surface area contributed by atoms with E-state index in [9.17, 15) is 4.79 Å². The van der Waals surface area contributed by atoms with E-state index in [1.807, 2.05) is 0 Å². The molecule has 84 valence electrons. The smallest absolute Gasteiger partial charge is 0.269 e. The molecule has 0 radical (unpaired) electrons. The summed E-state index contributed by atoms with van der Waals surface area (Å²) in [6.07, 6.45) is 1.21. The predicted molar refractivity (Wildman–Crippen MR) is 65.0 cm³/mol. The van der Waals surface area contributed by atoms with E-state index >= 15 is 0 Å². The molecule has 0 amide bonds. The Kier molecular flexibility index (Phi) is 3.14. The van der Waals surface area contributed by atoms with Crippen LogP contribution in [0.25, 0.3) is 11.4 Å². The van der Waals surface area contributed by atoms with Crippen molar-refractivity contribution in [2.75, 3.05) is 0 Å². The Hall–Kier alpha value is -1.83. The highest BCUT2D eigenvalue weighted by molar-refractivity contribution is 6.35. The van der Waals surface area contributed by atoms with Crippen molar-refractivity contribution >= 4 is 23.2 Å². The van der Waals surface area contributed by atoms with Crippen molar-refractivity contribution in [2.24, 2.45) is 0 Å². The minimum atomic E-state index is -0.492. The Balaban J connectivity index is 2.58. The Morgan fingerprint density at radius 1 is 1.24 bits per heavy atom. The lowest BCUT2D eigenvalue weighted by molar-refractivity contribution is 1.11. The third kappa shape index (κ3) is 2.47. The summed E-state index contributed by atoms with van der Waals surface area (Å²) in [6.45, 7) is 0. The molecule has 1 N–H and O–H groups in total. The minimum Gasteiger partial charge on any atom is -0.305 e. The van der Waals surface area contributed by atoms with Crippen molar-refractivity contribution in [3.05, 3.63) is 50.4 Å². The quantitative estimate of drug-likeness (QED) is 0.862. The van der Waals surface area contributed by atoms with Crippen molar-refractivity contribution in [3.8, 4) is 17.5 Å². The number of nitriles is 1. The zero-order chi connectivity index (χ0) is 12.4. The van der Waals surface area contributed by atoms with Crippen molar-refractivity contribution in [1.82, 2.24) is 9.97 Å². The van der Waals surface area contributed by atoms with Gasteiger partial charge >= 0.3 is 0 Å². The Morgan fingerprint density at radius 3 is 2.41 bits per heavy atom. The molecule has 0 bridgehead atoms. The van der Waals surface area contributed by atoms with E-state index in [4.69, 9.17) is 28.5 Å². The SMILES string of the molecule is N#Cc1cnc(-c2cc(Cl)cc(Cl)c2)[nH]c1=O. The predicted octanol–water partition coefficient (Wildman–Crippen LogP) is 2.62. The standard InChI is InChI=1S/C11H5Cl2N3O/c12-8-1-6(2-9(13)3-8)10-15-5-7(4-14)11(17)16-10/h1-3,5H,(H,15,16,17). The minimum absolute atomic E-state index is 0.0399. The number of aromatic nitrogens is 2. The van der Waals surface area contributed by atoms with Crippen LogP contribution in [-0.2, 0) is 0 Å². The number of nitrogens with zero attached hydrogens (tertiary/aromatic N) is 2. The molecule has 1 aromatic heterocycles. The van der Waals surface area contributed by atoms with Gasteiger partial charge in [-0.25, -0.2) is 4.98 Å². The molecule has 0 atom stereocenters. The highest BCUT2D eigenvalue weighted by atomic mass is 35.5. The number of hydrogen-bond donors (Lipinski definition) is 1. The Bertz CT molecular complexity index is 653. The van der Waals surface area contributed by atoms with Gasteiger partial charge in [-0.05, 0) is 18.2 Å². The highest BCUT2D eigenvalue weighted by Crippen LogP contribution is 2.24. The lowest BCUT2D eigenvalue weighted by Crippen LogP contribution is -2.12. The van der Waals surface area contributed by atoms with Crippen molar-refractivity contribution in [2.45, 2.75) is 0 Å². The molecular weight excluding hydrogens is 261 g/mol. The number of aromatic amines is 1. The molecule has 0 fully saturated rings. The second kappa shape index (κ2) is 4.58. The summed E-state index contributed by atoms with van der Waals surface area (Å²) in [4.78, 5) is 17.9. The lowest BCUT2D eigenvalue weighted by Gasteiger charge is -2.02. The Labute approximate surface area is 106 Å². The van der Waals surface area contributed by atoms with Crippen LogP contribution in [0.2, 0.25) is 10.0 Å². The van der Waals surface area contributed by atoms with Crippen LogP contribution in [0, 0.1) is 11.3 Å². The van der Waals surface area contributed by atoms with Crippen molar-refractivity contribution in [3.63, 3.8) is 0 Å². The number of nitrogens with one attached hydrogen (secondary N) is 1. The molecule has 17 heavy (non-hydrogen) atoms. The van der Waals surface area contributed by atoms with E-state index in [2.05, 4.69) is 9.97 Å². The van der Waals surface area contributed by atoms with Crippen LogP contribution in [0.3, 0.4) is 0 Å². The van der Waals surface area contributed by atoms with Crippen LogP contribution >= 0.6 is 23.2 Å². The molecule has 0 aliphatic rings. The highest BCUT2D eigenvalue weighted by Gasteiger charge is 2.06. The molecular formula is C11H5Cl2N3O. The van der Waals surface area contributed by atoms with Gasteiger partial charge in [0.15, 0.2) is 0 Å². The van der Waals surface area contributed by atoms with Crippen LogP contribution in [0.1, 0.15) is 5.56 Å². The molecule has 1 aromatic carbocycles. The van der Waals surface area contributed by atoms with Crippen molar-refractivity contribution in [1.29, 1.82) is 5.26 Å². The molecule has 1 heterocycles. The maximum absolute atomic E-state index is 11.4. The van der Waals surface area contributed by atoms with Gasteiger partial charge in [0.1, 0.15) is 17.5 Å². The first-order valence-electron chi connectivity index (χ1n) is 4.56. The van der Waals surface area contributed by atoms with Gasteiger partial charge < -0.3 is 4.98 Å². The molecule has 6 heteroatoms. The van der Waals surface area contributed by atoms with E-state index in [1.54, 1.807) is 24.3 Å². The molecule has 4 nitrogen and oxygen atoms in total. The second-order valence-electron chi connectivity index (χ2n) is 3.24. The van der Waals surface area contributed by atoms with Gasteiger partial charge in [0.25, 0.3) is 5.56 Å². The summed E-state index contributed by atoms with van der Waals surface area (Å²) in [5.41, 5.74) is 0.0552. The monoisotopic (exact) mass is 265 g/mol. The molecule has 0 saturated heterocycles. The summed E-state index contributed by atoms with van der Waals surface area (Å²) in [6, 6.07) is 6.56. The average molecular weight is 266 g/mol. The molecule has 2 rings (SSSR count). The largest absolute Gasteiger partial charge is 0.305 e. The number of halogens is 2. The summed E-state index contributed by atoms with van der Waals surface area (Å²) in [5.74, 6) is 0.318. The fraction of sp³-hybridized carbons (Fsp3) is 0. The molecule has 0 saturated carbocycles. The van der Waals surface area contributed by atoms with Gasteiger partial charge in [0.2, 0.25) is 0 Å². The topological polar surface area (TPSA) is 69.5 Å². The van der Waals surface area contributed by atoms with Gasteiger partial charge in [0, 0.05) is 15.6 Å². The summed E-state index contributed by atoms with van der Waals surface area (Å²) < 4.78 is 0. The number of hydrogen-bond acceptors (Lipinski definition) is 3. The lowest BCUT2D eigenvalue weighted by atomic mass is 10.2. The number of H-pyrrole nitrogens is 1. The zero-order valence-corrected chi connectivity index (χ0v) is 9.88. The Morgan fingerprint density at radius 2 is 1.88 bits per heavy atom. The van der Waals surface area contributed by atoms with E-state index in [-0.39, 0.29) is 5.56 Å². The van der Waals surface area contributed by atoms with Gasteiger partial charge in [-0.2, -0.15) is 5.26 Å². The molecule has 0 aliphatic carbocycles. The van der Waals surface area contributed by atoms with E-state index in [0.29, 0.717) is 21.4 Å². The third-order valence-electron chi connectivity index (χ3n) is 2.06. The third-order valence-corrected chi connectivity index (χ3v) is 2.49. The maximum Gasteiger partial charge on any atom is 0.269 e. The van der Waals surface area contributed by atoms with Gasteiger partial charge in [0.05, 0.1) is 6.20 Å². The van der Waals surface area contributed by atoms with E-state index in [1.165, 1.54) is 6.20 Å². The van der Waals surface area contributed by atoms with Crippen LogP contribution < -0.4 is 5.56 Å². The zero-order valence-electron chi connectivity index (χ0n) is 8.37. The average Bonchev–Trinajstić information content (AvgIpc) is 2.27. The van der Waals surface area contributed by atoms with E-state index in [0.717, 1.165) is 0 Å². The first-order chi connectivity index (χ1) is 8.10.